The minimum absolute atomic E-state index is 0.0452. The van der Waals surface area contributed by atoms with E-state index in [1.807, 2.05) is 31.2 Å². The Hall–Kier alpha value is -2.21. The summed E-state index contributed by atoms with van der Waals surface area (Å²) in [6, 6.07) is 10.7. The van der Waals surface area contributed by atoms with Crippen molar-refractivity contribution in [1.82, 2.24) is 5.32 Å². The maximum atomic E-state index is 12.6. The maximum Gasteiger partial charge on any atom is 0.325 e. The first-order valence-corrected chi connectivity index (χ1v) is 8.04. The topological polar surface area (TPSA) is 68.5 Å². The average molecular weight is 331 g/mol. The summed E-state index contributed by atoms with van der Waals surface area (Å²) in [6.45, 7) is 2.00. The number of furan rings is 1. The largest absolute Gasteiger partial charge is 0.468 e. The van der Waals surface area contributed by atoms with E-state index in [-0.39, 0.29) is 12.3 Å². The molecular formula is C17H17NO4S. The SMILES string of the molecule is COC(=O)[C@]1(Sc2ccc(C)cc2)CC(=O)N[C@@H]1c1ccco1. The lowest BCUT2D eigenvalue weighted by atomic mass is 9.97. The Bertz CT molecular complexity index is 711. The third kappa shape index (κ3) is 2.86. The van der Waals surface area contributed by atoms with Crippen LogP contribution >= 0.6 is 11.8 Å². The minimum Gasteiger partial charge on any atom is -0.468 e. The highest BCUT2D eigenvalue weighted by Gasteiger charge is 2.56. The number of rotatable bonds is 4. The molecule has 5 nitrogen and oxygen atoms in total. The van der Waals surface area contributed by atoms with Crippen LogP contribution in [0, 0.1) is 6.92 Å². The van der Waals surface area contributed by atoms with Crippen molar-refractivity contribution in [3.8, 4) is 0 Å². The molecule has 2 atom stereocenters. The molecule has 3 rings (SSSR count). The van der Waals surface area contributed by atoms with Crippen LogP contribution < -0.4 is 5.32 Å². The van der Waals surface area contributed by atoms with Gasteiger partial charge in [0.1, 0.15) is 11.8 Å². The Morgan fingerprint density at radius 3 is 2.70 bits per heavy atom. The summed E-state index contributed by atoms with van der Waals surface area (Å²) >= 11 is 1.33. The molecular weight excluding hydrogens is 314 g/mol. The van der Waals surface area contributed by atoms with Crippen molar-refractivity contribution in [2.24, 2.45) is 0 Å². The molecule has 0 aliphatic carbocycles. The van der Waals surface area contributed by atoms with Crippen LogP contribution in [-0.2, 0) is 14.3 Å². The predicted octanol–water partition coefficient (Wildman–Crippen LogP) is 2.85. The summed E-state index contributed by atoms with van der Waals surface area (Å²) in [4.78, 5) is 25.5. The molecule has 0 spiro atoms. The zero-order valence-corrected chi connectivity index (χ0v) is 13.7. The number of benzene rings is 1. The molecule has 2 heterocycles. The molecule has 0 radical (unpaired) electrons. The molecule has 1 N–H and O–H groups in total. The van der Waals surface area contributed by atoms with Crippen LogP contribution in [0.5, 0.6) is 0 Å². The number of hydrogen-bond donors (Lipinski definition) is 1. The average Bonchev–Trinajstić information content (AvgIpc) is 3.17. The summed E-state index contributed by atoms with van der Waals surface area (Å²) in [5.41, 5.74) is 1.13. The number of thioether (sulfide) groups is 1. The molecule has 0 unspecified atom stereocenters. The van der Waals surface area contributed by atoms with Gasteiger partial charge in [0.25, 0.3) is 0 Å². The van der Waals surface area contributed by atoms with Crippen LogP contribution in [0.25, 0.3) is 0 Å². The molecule has 1 saturated heterocycles. The number of carbonyl (C=O) groups is 2. The second-order valence-corrected chi connectivity index (χ2v) is 6.89. The van der Waals surface area contributed by atoms with Gasteiger partial charge in [0, 0.05) is 4.90 Å². The normalized spacial score (nSPS) is 23.6. The molecule has 6 heteroatoms. The summed E-state index contributed by atoms with van der Waals surface area (Å²) in [5, 5.41) is 2.84. The molecule has 1 aromatic heterocycles. The Morgan fingerprint density at radius 2 is 2.09 bits per heavy atom. The number of nitrogens with one attached hydrogen (secondary N) is 1. The van der Waals surface area contributed by atoms with E-state index < -0.39 is 16.8 Å². The molecule has 1 aliphatic heterocycles. The van der Waals surface area contributed by atoms with Crippen LogP contribution in [-0.4, -0.2) is 23.7 Å². The number of carbonyl (C=O) groups excluding carboxylic acids is 2. The zero-order valence-electron chi connectivity index (χ0n) is 12.9. The van der Waals surface area contributed by atoms with Gasteiger partial charge in [-0.15, -0.1) is 11.8 Å². The molecule has 0 saturated carbocycles. The van der Waals surface area contributed by atoms with Gasteiger partial charge < -0.3 is 14.5 Å². The van der Waals surface area contributed by atoms with E-state index in [0.717, 1.165) is 10.5 Å². The van der Waals surface area contributed by atoms with Crippen molar-refractivity contribution in [2.75, 3.05) is 7.11 Å². The van der Waals surface area contributed by atoms with E-state index in [2.05, 4.69) is 5.32 Å². The minimum atomic E-state index is -1.08. The van der Waals surface area contributed by atoms with Crippen molar-refractivity contribution in [2.45, 2.75) is 29.0 Å². The van der Waals surface area contributed by atoms with Crippen LogP contribution in [0.3, 0.4) is 0 Å². The van der Waals surface area contributed by atoms with E-state index in [1.165, 1.54) is 25.1 Å². The Morgan fingerprint density at radius 1 is 1.35 bits per heavy atom. The third-order valence-electron chi connectivity index (χ3n) is 3.87. The van der Waals surface area contributed by atoms with Crippen molar-refractivity contribution in [3.63, 3.8) is 0 Å². The number of esters is 1. The highest BCUT2D eigenvalue weighted by Crippen LogP contribution is 2.49. The van der Waals surface area contributed by atoms with Crippen LogP contribution in [0.2, 0.25) is 0 Å². The molecule has 2 aromatic rings. The fourth-order valence-electron chi connectivity index (χ4n) is 2.74. The molecule has 1 aliphatic rings. The summed E-state index contributed by atoms with van der Waals surface area (Å²) in [6.07, 6.45) is 1.57. The zero-order chi connectivity index (χ0) is 16.4. The van der Waals surface area contributed by atoms with Crippen molar-refractivity contribution in [3.05, 3.63) is 54.0 Å². The third-order valence-corrected chi connectivity index (χ3v) is 5.29. The van der Waals surface area contributed by atoms with Crippen LogP contribution in [0.4, 0.5) is 0 Å². The smallest absolute Gasteiger partial charge is 0.325 e. The number of methoxy groups -OCH3 is 1. The van der Waals surface area contributed by atoms with Gasteiger partial charge >= 0.3 is 5.97 Å². The van der Waals surface area contributed by atoms with E-state index in [1.54, 1.807) is 12.1 Å². The molecule has 0 bridgehead atoms. The van der Waals surface area contributed by atoms with E-state index >= 15 is 0 Å². The molecule has 23 heavy (non-hydrogen) atoms. The van der Waals surface area contributed by atoms with E-state index in [4.69, 9.17) is 9.15 Å². The first-order chi connectivity index (χ1) is 11.0. The fourth-order valence-corrected chi connectivity index (χ4v) is 4.10. The van der Waals surface area contributed by atoms with Gasteiger partial charge in [-0.05, 0) is 31.2 Å². The van der Waals surface area contributed by atoms with Crippen molar-refractivity contribution in [1.29, 1.82) is 0 Å². The number of hydrogen-bond acceptors (Lipinski definition) is 5. The molecule has 1 fully saturated rings. The molecule has 1 aromatic carbocycles. The monoisotopic (exact) mass is 331 g/mol. The Kier molecular flexibility index (Phi) is 4.17. The number of ether oxygens (including phenoxy) is 1. The fraction of sp³-hybridized carbons (Fsp3) is 0.294. The Labute approximate surface area is 138 Å². The van der Waals surface area contributed by atoms with Gasteiger partial charge in [0.2, 0.25) is 5.91 Å². The summed E-state index contributed by atoms with van der Waals surface area (Å²) in [7, 11) is 1.34. The first kappa shape index (κ1) is 15.7. The first-order valence-electron chi connectivity index (χ1n) is 7.22. The quantitative estimate of drug-likeness (QED) is 0.873. The van der Waals surface area contributed by atoms with E-state index in [9.17, 15) is 9.59 Å². The van der Waals surface area contributed by atoms with Crippen LogP contribution in [0.1, 0.15) is 23.8 Å². The lowest BCUT2D eigenvalue weighted by Crippen LogP contribution is -2.41. The highest BCUT2D eigenvalue weighted by atomic mass is 32.2. The predicted molar refractivity (Wildman–Crippen MR) is 86.0 cm³/mol. The van der Waals surface area contributed by atoms with Gasteiger partial charge in [-0.25, -0.2) is 0 Å². The summed E-state index contributed by atoms with van der Waals surface area (Å²) in [5.74, 6) is -0.0971. The van der Waals surface area contributed by atoms with Gasteiger partial charge in [-0.1, -0.05) is 17.7 Å². The number of aryl methyl sites for hydroxylation is 1. The summed E-state index contributed by atoms with van der Waals surface area (Å²) < 4.78 is 9.37. The number of amides is 1. The van der Waals surface area contributed by atoms with E-state index in [0.29, 0.717) is 5.76 Å². The second kappa shape index (κ2) is 6.12. The lowest BCUT2D eigenvalue weighted by Gasteiger charge is -2.29. The maximum absolute atomic E-state index is 12.6. The van der Waals surface area contributed by atoms with Crippen molar-refractivity contribution < 1.29 is 18.7 Å². The lowest BCUT2D eigenvalue weighted by molar-refractivity contribution is -0.144. The highest BCUT2D eigenvalue weighted by molar-refractivity contribution is 8.01. The van der Waals surface area contributed by atoms with Gasteiger partial charge in [-0.3, -0.25) is 9.59 Å². The van der Waals surface area contributed by atoms with Crippen LogP contribution in [0.15, 0.2) is 52.0 Å². The Balaban J connectivity index is 2.02. The van der Waals surface area contributed by atoms with Gasteiger partial charge in [0.05, 0.1) is 19.8 Å². The van der Waals surface area contributed by atoms with Gasteiger partial charge in [0.15, 0.2) is 4.75 Å². The van der Waals surface area contributed by atoms with Crippen molar-refractivity contribution >= 4 is 23.6 Å². The van der Waals surface area contributed by atoms with Gasteiger partial charge in [-0.2, -0.15) is 0 Å². The molecule has 1 amide bonds. The standard InChI is InChI=1S/C17H17NO4S/c1-11-5-7-12(8-6-11)23-17(16(20)21-2)10-14(19)18-15(17)13-4-3-9-22-13/h3-9,15H,10H2,1-2H3,(H,18,19)/t15-,17+/m1/s1. The second-order valence-electron chi connectivity index (χ2n) is 5.49. The molecule has 120 valence electrons.